The topological polar surface area (TPSA) is 57.5 Å². The molecular formula is C10H10O3. The highest BCUT2D eigenvalue weighted by Crippen LogP contribution is 2.38. The van der Waals surface area contributed by atoms with Crippen molar-refractivity contribution >= 4 is 6.29 Å². The van der Waals surface area contributed by atoms with Gasteiger partial charge in [-0.3, -0.25) is 4.79 Å². The molecule has 1 aromatic carbocycles. The third-order valence-corrected chi connectivity index (χ3v) is 2.51. The molecule has 0 amide bonds. The van der Waals surface area contributed by atoms with E-state index in [0.717, 1.165) is 36.7 Å². The van der Waals surface area contributed by atoms with Crippen LogP contribution in [0, 0.1) is 0 Å². The smallest absolute Gasteiger partial charge is 0.160 e. The van der Waals surface area contributed by atoms with Gasteiger partial charge in [0.2, 0.25) is 0 Å². The van der Waals surface area contributed by atoms with Crippen LogP contribution in [0.1, 0.15) is 27.9 Å². The molecule has 0 heterocycles. The lowest BCUT2D eigenvalue weighted by Gasteiger charge is -2.06. The number of fused-ring (bicyclic) bond motifs is 1. The molecule has 3 nitrogen and oxygen atoms in total. The molecule has 0 atom stereocenters. The van der Waals surface area contributed by atoms with Crippen molar-refractivity contribution < 1.29 is 15.0 Å². The molecule has 0 saturated heterocycles. The van der Waals surface area contributed by atoms with Crippen LogP contribution in [0.4, 0.5) is 0 Å². The summed E-state index contributed by atoms with van der Waals surface area (Å²) < 4.78 is 0. The average Bonchev–Trinajstić information content (AvgIpc) is 2.60. The normalized spacial score (nSPS) is 14.2. The van der Waals surface area contributed by atoms with E-state index in [0.29, 0.717) is 5.56 Å². The average molecular weight is 178 g/mol. The fraction of sp³-hybridized carbons (Fsp3) is 0.300. The summed E-state index contributed by atoms with van der Waals surface area (Å²) in [6.07, 6.45) is 3.23. The first kappa shape index (κ1) is 8.10. The van der Waals surface area contributed by atoms with Crippen molar-refractivity contribution in [2.24, 2.45) is 0 Å². The van der Waals surface area contributed by atoms with Crippen LogP contribution in [0.5, 0.6) is 11.5 Å². The molecular weight excluding hydrogens is 168 g/mol. The summed E-state index contributed by atoms with van der Waals surface area (Å²) in [7, 11) is 0. The second kappa shape index (κ2) is 2.76. The van der Waals surface area contributed by atoms with Crippen LogP contribution in [0.2, 0.25) is 0 Å². The Morgan fingerprint density at radius 1 is 1.23 bits per heavy atom. The first-order valence-corrected chi connectivity index (χ1v) is 4.26. The van der Waals surface area contributed by atoms with Gasteiger partial charge in [-0.1, -0.05) is 0 Å². The van der Waals surface area contributed by atoms with E-state index in [2.05, 4.69) is 0 Å². The lowest BCUT2D eigenvalue weighted by Crippen LogP contribution is -1.92. The summed E-state index contributed by atoms with van der Waals surface area (Å²) in [6, 6.07) is 1.33. The summed E-state index contributed by atoms with van der Waals surface area (Å²) in [5.74, 6) is -0.249. The van der Waals surface area contributed by atoms with Gasteiger partial charge in [-0.15, -0.1) is 0 Å². The fourth-order valence-electron chi connectivity index (χ4n) is 1.89. The van der Waals surface area contributed by atoms with E-state index in [1.807, 2.05) is 0 Å². The molecule has 0 unspecified atom stereocenters. The highest BCUT2D eigenvalue weighted by atomic mass is 16.3. The molecule has 0 spiro atoms. The van der Waals surface area contributed by atoms with Crippen LogP contribution in [0.3, 0.4) is 0 Å². The number of phenolic OH excluding ortho intramolecular Hbond substituents is 2. The van der Waals surface area contributed by atoms with E-state index in [4.69, 9.17) is 0 Å². The van der Waals surface area contributed by atoms with Crippen molar-refractivity contribution in [3.63, 3.8) is 0 Å². The Balaban J connectivity index is 2.70. The van der Waals surface area contributed by atoms with Gasteiger partial charge in [0.05, 0.1) is 0 Å². The highest BCUT2D eigenvalue weighted by Gasteiger charge is 2.20. The molecule has 0 aromatic heterocycles. The molecule has 0 saturated carbocycles. The number of phenols is 2. The first-order valence-electron chi connectivity index (χ1n) is 4.26. The van der Waals surface area contributed by atoms with Gasteiger partial charge in [0.25, 0.3) is 0 Å². The Morgan fingerprint density at radius 3 is 2.62 bits per heavy atom. The maximum Gasteiger partial charge on any atom is 0.160 e. The number of carbonyl (C=O) groups is 1. The lowest BCUT2D eigenvalue weighted by molar-refractivity contribution is 0.112. The highest BCUT2D eigenvalue weighted by molar-refractivity contribution is 5.80. The van der Waals surface area contributed by atoms with Gasteiger partial charge in [0.1, 0.15) is 6.29 Å². The summed E-state index contributed by atoms with van der Waals surface area (Å²) in [4.78, 5) is 10.6. The van der Waals surface area contributed by atoms with Gasteiger partial charge < -0.3 is 10.2 Å². The summed E-state index contributed by atoms with van der Waals surface area (Å²) in [5.41, 5.74) is 2.13. The number of rotatable bonds is 1. The zero-order valence-electron chi connectivity index (χ0n) is 7.08. The minimum absolute atomic E-state index is 0.0573. The Bertz CT molecular complexity index is 369. The predicted octanol–water partition coefficient (Wildman–Crippen LogP) is 1.40. The van der Waals surface area contributed by atoms with Crippen molar-refractivity contribution in [2.45, 2.75) is 19.3 Å². The van der Waals surface area contributed by atoms with Crippen LogP contribution in [0.25, 0.3) is 0 Å². The molecule has 0 aliphatic heterocycles. The predicted molar refractivity (Wildman–Crippen MR) is 47.2 cm³/mol. The third-order valence-electron chi connectivity index (χ3n) is 2.51. The van der Waals surface area contributed by atoms with E-state index in [1.54, 1.807) is 0 Å². The zero-order chi connectivity index (χ0) is 9.42. The molecule has 2 rings (SSSR count). The molecule has 2 N–H and O–H groups in total. The first-order chi connectivity index (χ1) is 6.24. The van der Waals surface area contributed by atoms with E-state index >= 15 is 0 Å². The Labute approximate surface area is 75.6 Å². The van der Waals surface area contributed by atoms with Crippen LogP contribution in [-0.2, 0) is 12.8 Å². The number of benzene rings is 1. The second-order valence-corrected chi connectivity index (χ2v) is 3.26. The van der Waals surface area contributed by atoms with Gasteiger partial charge >= 0.3 is 0 Å². The van der Waals surface area contributed by atoms with Crippen molar-refractivity contribution in [1.29, 1.82) is 0 Å². The van der Waals surface area contributed by atoms with E-state index < -0.39 is 0 Å². The molecule has 68 valence electrons. The van der Waals surface area contributed by atoms with Crippen molar-refractivity contribution in [3.05, 3.63) is 22.8 Å². The maximum absolute atomic E-state index is 10.6. The van der Waals surface area contributed by atoms with Crippen molar-refractivity contribution in [1.82, 2.24) is 0 Å². The number of hydrogen-bond acceptors (Lipinski definition) is 3. The molecule has 1 aliphatic rings. The summed E-state index contributed by atoms with van der Waals surface area (Å²) in [5, 5.41) is 18.8. The van der Waals surface area contributed by atoms with Crippen molar-refractivity contribution in [2.75, 3.05) is 0 Å². The third kappa shape index (κ3) is 1.08. The molecule has 0 fully saturated rings. The monoisotopic (exact) mass is 178 g/mol. The van der Waals surface area contributed by atoms with Crippen molar-refractivity contribution in [3.8, 4) is 11.5 Å². The molecule has 1 aliphatic carbocycles. The van der Waals surface area contributed by atoms with Crippen LogP contribution >= 0.6 is 0 Å². The number of carbonyl (C=O) groups excluding carboxylic acids is 1. The van der Waals surface area contributed by atoms with Gasteiger partial charge in [-0.25, -0.2) is 0 Å². The van der Waals surface area contributed by atoms with E-state index in [9.17, 15) is 15.0 Å². The quantitative estimate of drug-likeness (QED) is 0.504. The van der Waals surface area contributed by atoms with Gasteiger partial charge in [-0.2, -0.15) is 0 Å². The standard InChI is InChI=1S/C10H10O3/c11-5-6-4-9(12)10(13)8-3-1-2-7(6)8/h4-5,12-13H,1-3H2. The molecule has 0 bridgehead atoms. The van der Waals surface area contributed by atoms with E-state index in [1.165, 1.54) is 6.07 Å². The SMILES string of the molecule is O=Cc1cc(O)c(O)c2c1CCC2. The van der Waals surface area contributed by atoms with Gasteiger partial charge in [0.15, 0.2) is 11.5 Å². The van der Waals surface area contributed by atoms with Gasteiger partial charge in [-0.05, 0) is 30.9 Å². The summed E-state index contributed by atoms with van der Waals surface area (Å²) >= 11 is 0. The minimum Gasteiger partial charge on any atom is -0.504 e. The largest absolute Gasteiger partial charge is 0.504 e. The molecule has 0 radical (unpaired) electrons. The Kier molecular flexibility index (Phi) is 1.72. The van der Waals surface area contributed by atoms with Crippen LogP contribution in [-0.4, -0.2) is 16.5 Å². The fourth-order valence-corrected chi connectivity index (χ4v) is 1.89. The Morgan fingerprint density at radius 2 is 1.92 bits per heavy atom. The number of hydrogen-bond donors (Lipinski definition) is 2. The number of aromatic hydroxyl groups is 2. The minimum atomic E-state index is -0.192. The van der Waals surface area contributed by atoms with Gasteiger partial charge in [0, 0.05) is 11.1 Å². The zero-order valence-corrected chi connectivity index (χ0v) is 7.08. The van der Waals surface area contributed by atoms with E-state index in [-0.39, 0.29) is 11.5 Å². The van der Waals surface area contributed by atoms with Crippen LogP contribution < -0.4 is 0 Å². The molecule has 13 heavy (non-hydrogen) atoms. The van der Waals surface area contributed by atoms with Crippen LogP contribution in [0.15, 0.2) is 6.07 Å². The summed E-state index contributed by atoms with van der Waals surface area (Å²) in [6.45, 7) is 0. The molecule has 1 aromatic rings. The molecule has 3 heteroatoms. The lowest BCUT2D eigenvalue weighted by atomic mass is 10.0. The Hall–Kier alpha value is -1.51. The maximum atomic E-state index is 10.6. The second-order valence-electron chi connectivity index (χ2n) is 3.26. The number of aldehydes is 1.